The lowest BCUT2D eigenvalue weighted by Crippen LogP contribution is -2.20. The van der Waals surface area contributed by atoms with Crippen LogP contribution < -0.4 is 9.47 Å². The number of hydrogen-bond donors (Lipinski definition) is 0. The van der Waals surface area contributed by atoms with Gasteiger partial charge in [0.25, 0.3) is 0 Å². The lowest BCUT2D eigenvalue weighted by atomic mass is 9.88. The zero-order chi connectivity index (χ0) is 15.2. The highest BCUT2D eigenvalue weighted by Gasteiger charge is 2.46. The summed E-state index contributed by atoms with van der Waals surface area (Å²) >= 11 is 3.63. The highest BCUT2D eigenvalue weighted by atomic mass is 79.9. The molecule has 0 amide bonds. The van der Waals surface area contributed by atoms with Gasteiger partial charge in [0.1, 0.15) is 0 Å². The van der Waals surface area contributed by atoms with E-state index in [4.69, 9.17) is 9.47 Å². The molecular weight excluding hydrogens is 346 g/mol. The Morgan fingerprint density at radius 3 is 2.27 bits per heavy atom. The van der Waals surface area contributed by atoms with Crippen molar-refractivity contribution in [1.29, 1.82) is 0 Å². The Balaban J connectivity index is 1.75. The summed E-state index contributed by atoms with van der Waals surface area (Å²) in [6, 6.07) is 3.97. The van der Waals surface area contributed by atoms with Crippen molar-refractivity contribution in [3.8, 4) is 11.5 Å². The van der Waals surface area contributed by atoms with Gasteiger partial charge in [0.2, 0.25) is 6.08 Å². The average molecular weight is 364 g/mol. The second kappa shape index (κ2) is 5.10. The predicted octanol–water partition coefficient (Wildman–Crippen LogP) is 4.11. The maximum absolute atomic E-state index is 10.9. The first-order chi connectivity index (χ1) is 10.7. The highest BCUT2D eigenvalue weighted by molar-refractivity contribution is 9.10. The van der Waals surface area contributed by atoms with Crippen molar-refractivity contribution in [2.24, 2.45) is 10.4 Å². The molecule has 0 radical (unpaired) electrons. The molecule has 0 aromatic heterocycles. The molecule has 2 saturated carbocycles. The molecule has 116 valence electrons. The molecule has 1 heterocycles. The zero-order valence-corrected chi connectivity index (χ0v) is 13.9. The number of ether oxygens (including phenoxy) is 2. The summed E-state index contributed by atoms with van der Waals surface area (Å²) in [6.07, 6.45) is 8.04. The Labute approximate surface area is 138 Å². The van der Waals surface area contributed by atoms with E-state index in [0.717, 1.165) is 53.8 Å². The van der Waals surface area contributed by atoms with Crippen molar-refractivity contribution in [2.45, 2.75) is 44.1 Å². The molecule has 22 heavy (non-hydrogen) atoms. The van der Waals surface area contributed by atoms with Gasteiger partial charge >= 0.3 is 0 Å². The average Bonchev–Trinajstić information content (AvgIpc) is 3.18. The minimum Gasteiger partial charge on any atom is -0.489 e. The molecule has 0 bridgehead atoms. The number of fused-ring (bicyclic) bond motifs is 1. The van der Waals surface area contributed by atoms with Crippen LogP contribution in [0.1, 0.15) is 44.1 Å². The molecule has 2 aliphatic carbocycles. The van der Waals surface area contributed by atoms with E-state index in [1.807, 2.05) is 12.1 Å². The molecule has 0 unspecified atom stereocenters. The molecule has 1 aromatic rings. The van der Waals surface area contributed by atoms with Crippen LogP contribution in [0.15, 0.2) is 21.6 Å². The Hall–Kier alpha value is -1.32. The van der Waals surface area contributed by atoms with Crippen molar-refractivity contribution in [3.05, 3.63) is 22.2 Å². The van der Waals surface area contributed by atoms with Crippen molar-refractivity contribution in [3.63, 3.8) is 0 Å². The van der Waals surface area contributed by atoms with E-state index < -0.39 is 5.54 Å². The molecule has 0 atom stereocenters. The molecule has 3 aliphatic rings. The van der Waals surface area contributed by atoms with Gasteiger partial charge in [0.15, 0.2) is 11.5 Å². The van der Waals surface area contributed by atoms with Gasteiger partial charge in [0, 0.05) is 9.89 Å². The molecule has 4 rings (SSSR count). The van der Waals surface area contributed by atoms with Crippen LogP contribution in [-0.2, 0) is 10.3 Å². The molecule has 0 N–H and O–H groups in total. The second-order valence-electron chi connectivity index (χ2n) is 6.80. The Kier molecular flexibility index (Phi) is 3.31. The van der Waals surface area contributed by atoms with E-state index in [1.54, 1.807) is 6.08 Å². The normalized spacial score (nSPS) is 23.7. The van der Waals surface area contributed by atoms with Crippen molar-refractivity contribution in [2.75, 3.05) is 13.2 Å². The summed E-state index contributed by atoms with van der Waals surface area (Å²) in [5, 5.41) is 0. The fourth-order valence-electron chi connectivity index (χ4n) is 3.57. The second-order valence-corrected chi connectivity index (χ2v) is 7.65. The third-order valence-corrected chi connectivity index (χ3v) is 5.91. The third kappa shape index (κ3) is 2.27. The van der Waals surface area contributed by atoms with Crippen molar-refractivity contribution in [1.82, 2.24) is 0 Å². The number of hydrogen-bond acceptors (Lipinski definition) is 4. The SMILES string of the molecule is O=C=NC1(c2cc3c(cc2Br)OCC2(CC2)CO3)CCCC1. The van der Waals surface area contributed by atoms with Crippen molar-refractivity contribution < 1.29 is 14.3 Å². The van der Waals surface area contributed by atoms with Gasteiger partial charge in [0.05, 0.1) is 18.8 Å². The molecule has 2 fully saturated rings. The van der Waals surface area contributed by atoms with Crippen LogP contribution in [0, 0.1) is 5.41 Å². The number of benzene rings is 1. The van der Waals surface area contributed by atoms with E-state index in [2.05, 4.69) is 20.9 Å². The fraction of sp³-hybridized carbons (Fsp3) is 0.588. The lowest BCUT2D eigenvalue weighted by molar-refractivity contribution is 0.197. The van der Waals surface area contributed by atoms with Gasteiger partial charge in [-0.1, -0.05) is 28.8 Å². The van der Waals surface area contributed by atoms with Crippen LogP contribution in [0.25, 0.3) is 0 Å². The summed E-state index contributed by atoms with van der Waals surface area (Å²) in [5.74, 6) is 1.55. The van der Waals surface area contributed by atoms with Gasteiger partial charge in [-0.25, -0.2) is 4.79 Å². The standard InChI is InChI=1S/C17H18BrNO3/c18-13-8-15-14(21-9-16(5-6-16)10-22-15)7-12(13)17(19-11-20)3-1-2-4-17/h7-8H,1-6,9-10H2. The lowest BCUT2D eigenvalue weighted by Gasteiger charge is -2.25. The number of halogens is 1. The van der Waals surface area contributed by atoms with E-state index in [0.29, 0.717) is 6.61 Å². The Morgan fingerprint density at radius 2 is 1.68 bits per heavy atom. The summed E-state index contributed by atoms with van der Waals surface area (Å²) in [6.45, 7) is 1.44. The predicted molar refractivity (Wildman–Crippen MR) is 85.1 cm³/mol. The third-order valence-electron chi connectivity index (χ3n) is 5.25. The van der Waals surface area contributed by atoms with Crippen LogP contribution >= 0.6 is 15.9 Å². The molecule has 0 saturated heterocycles. The summed E-state index contributed by atoms with van der Waals surface area (Å²) < 4.78 is 12.9. The topological polar surface area (TPSA) is 47.9 Å². The molecular formula is C17H18BrNO3. The summed E-state index contributed by atoms with van der Waals surface area (Å²) in [4.78, 5) is 15.1. The van der Waals surface area contributed by atoms with E-state index in [1.165, 1.54) is 12.8 Å². The molecule has 5 heteroatoms. The fourth-order valence-corrected chi connectivity index (χ4v) is 4.27. The van der Waals surface area contributed by atoms with E-state index >= 15 is 0 Å². The van der Waals surface area contributed by atoms with Gasteiger partial charge < -0.3 is 9.47 Å². The largest absolute Gasteiger partial charge is 0.489 e. The Bertz CT molecular complexity index is 656. The maximum Gasteiger partial charge on any atom is 0.235 e. The highest BCUT2D eigenvalue weighted by Crippen LogP contribution is 2.52. The van der Waals surface area contributed by atoms with Gasteiger partial charge in [-0.3, -0.25) is 0 Å². The minimum absolute atomic E-state index is 0.220. The zero-order valence-electron chi connectivity index (χ0n) is 12.4. The molecule has 1 aromatic carbocycles. The van der Waals surface area contributed by atoms with Crippen LogP contribution in [0.5, 0.6) is 11.5 Å². The van der Waals surface area contributed by atoms with Gasteiger partial charge in [-0.05, 0) is 43.4 Å². The first kappa shape index (κ1) is 14.3. The first-order valence-electron chi connectivity index (χ1n) is 7.85. The van der Waals surface area contributed by atoms with Crippen LogP contribution in [-0.4, -0.2) is 19.3 Å². The summed E-state index contributed by atoms with van der Waals surface area (Å²) in [5.41, 5.74) is 0.780. The number of carbonyl (C=O) groups excluding carboxylic acids is 1. The van der Waals surface area contributed by atoms with E-state index in [-0.39, 0.29) is 5.41 Å². The molecule has 1 aliphatic heterocycles. The smallest absolute Gasteiger partial charge is 0.235 e. The molecule has 4 nitrogen and oxygen atoms in total. The van der Waals surface area contributed by atoms with E-state index in [9.17, 15) is 4.79 Å². The number of aliphatic imine (C=N–C) groups is 1. The summed E-state index contributed by atoms with van der Waals surface area (Å²) in [7, 11) is 0. The number of isocyanates is 1. The maximum atomic E-state index is 10.9. The minimum atomic E-state index is -0.456. The quantitative estimate of drug-likeness (QED) is 0.586. The number of rotatable bonds is 2. The molecule has 1 spiro atoms. The van der Waals surface area contributed by atoms with Crippen LogP contribution in [0.2, 0.25) is 0 Å². The number of nitrogens with zero attached hydrogens (tertiary/aromatic N) is 1. The monoisotopic (exact) mass is 363 g/mol. The van der Waals surface area contributed by atoms with Gasteiger partial charge in [-0.2, -0.15) is 4.99 Å². The van der Waals surface area contributed by atoms with Crippen LogP contribution in [0.4, 0.5) is 0 Å². The van der Waals surface area contributed by atoms with Crippen LogP contribution in [0.3, 0.4) is 0 Å². The Morgan fingerprint density at radius 1 is 1.05 bits per heavy atom. The first-order valence-corrected chi connectivity index (χ1v) is 8.64. The van der Waals surface area contributed by atoms with Crippen molar-refractivity contribution >= 4 is 22.0 Å². The van der Waals surface area contributed by atoms with Gasteiger partial charge in [-0.15, -0.1) is 0 Å².